The van der Waals surface area contributed by atoms with E-state index in [1.807, 2.05) is 0 Å². The molecule has 0 bridgehead atoms. The summed E-state index contributed by atoms with van der Waals surface area (Å²) in [6.07, 6.45) is 0. The van der Waals surface area contributed by atoms with Crippen molar-refractivity contribution in [1.82, 2.24) is 9.80 Å². The molecule has 0 N–H and O–H groups in total. The van der Waals surface area contributed by atoms with Gasteiger partial charge in [0.15, 0.2) is 0 Å². The predicted octanol–water partition coefficient (Wildman–Crippen LogP) is 1.08. The van der Waals surface area contributed by atoms with E-state index in [9.17, 15) is 0 Å². The third-order valence-electron chi connectivity index (χ3n) is 2.36. The molecule has 0 saturated carbocycles. The van der Waals surface area contributed by atoms with E-state index in [-0.39, 0.29) is 4.86 Å². The predicted molar refractivity (Wildman–Crippen MR) is 79.3 cm³/mol. The van der Waals surface area contributed by atoms with Gasteiger partial charge in [-0.1, -0.05) is 0 Å². The second-order valence-corrected chi connectivity index (χ2v) is 13.7. The zero-order valence-corrected chi connectivity index (χ0v) is 15.1. The fourth-order valence-electron chi connectivity index (χ4n) is 1.82. The Balaban J connectivity index is 3.17. The Morgan fingerprint density at radius 1 is 1.06 bits per heavy atom. The van der Waals surface area contributed by atoms with E-state index in [4.69, 9.17) is 0 Å². The van der Waals surface area contributed by atoms with Crippen LogP contribution in [0, 0.1) is 0 Å². The van der Waals surface area contributed by atoms with Crippen LogP contribution in [-0.4, -0.2) is 68.7 Å². The van der Waals surface area contributed by atoms with E-state index in [1.165, 1.54) is 16.4 Å². The van der Waals surface area contributed by atoms with Crippen LogP contribution in [0.15, 0.2) is 18.2 Å². The first-order chi connectivity index (χ1) is 7.91. The Hall–Kier alpha value is 0.479. The summed E-state index contributed by atoms with van der Waals surface area (Å²) in [7, 11) is 8.46. The van der Waals surface area contributed by atoms with Crippen molar-refractivity contribution in [3.63, 3.8) is 0 Å². The van der Waals surface area contributed by atoms with Gasteiger partial charge in [-0.25, -0.2) is 0 Å². The van der Waals surface area contributed by atoms with Crippen molar-refractivity contribution in [2.45, 2.75) is 13.1 Å². The Bertz CT molecular complexity index is 377. The second kappa shape index (κ2) is 7.16. The van der Waals surface area contributed by atoms with Crippen molar-refractivity contribution < 1.29 is 0 Å². The Morgan fingerprint density at radius 2 is 1.47 bits per heavy atom. The van der Waals surface area contributed by atoms with Crippen molar-refractivity contribution in [2.24, 2.45) is 0 Å². The molecule has 1 unspecified atom stereocenters. The van der Waals surface area contributed by atoms with Crippen LogP contribution < -0.4 is 5.30 Å². The topological polar surface area (TPSA) is 6.48 Å². The standard InChI is InChI=1S/C12H19N2PSe2/c1-13(2)8-10-6-5-7-11(9-14(3)4)12(10)15(16)17/h5-7H,8-9H2,1-4H3. The zero-order valence-electron chi connectivity index (χ0n) is 10.8. The minimum atomic E-state index is -0.302. The molecule has 1 atom stereocenters. The summed E-state index contributed by atoms with van der Waals surface area (Å²) in [5.74, 6) is 0. The molecule has 0 aliphatic rings. The van der Waals surface area contributed by atoms with Crippen molar-refractivity contribution in [2.75, 3.05) is 28.2 Å². The molecule has 0 saturated heterocycles. The number of nitrogens with zero attached hydrogens (tertiary/aromatic N) is 2. The molecule has 1 aromatic carbocycles. The van der Waals surface area contributed by atoms with Crippen LogP contribution >= 0.6 is 4.86 Å². The fraction of sp³-hybridized carbons (Fsp3) is 0.500. The van der Waals surface area contributed by atoms with Gasteiger partial charge in [-0.05, 0) is 0 Å². The molecule has 94 valence electrons. The fourth-order valence-corrected chi connectivity index (χ4v) is 5.53. The summed E-state index contributed by atoms with van der Waals surface area (Å²) in [6, 6.07) is 6.64. The third-order valence-corrected chi connectivity index (χ3v) is 5.60. The van der Waals surface area contributed by atoms with Gasteiger partial charge in [-0.2, -0.15) is 0 Å². The molecule has 1 aromatic rings. The SMILES string of the molecule is CN(C)Cc1cccc(CN(C)C)c1[P+](=[Se])[Se-]. The summed E-state index contributed by atoms with van der Waals surface area (Å²) in [4.78, 5) is 4.14. The summed E-state index contributed by atoms with van der Waals surface area (Å²) >= 11 is 6.51. The van der Waals surface area contributed by atoms with Gasteiger partial charge in [-0.15, -0.1) is 0 Å². The van der Waals surface area contributed by atoms with E-state index >= 15 is 0 Å². The Morgan fingerprint density at radius 3 is 1.76 bits per heavy atom. The normalized spacial score (nSPS) is 12.3. The van der Waals surface area contributed by atoms with Gasteiger partial charge in [0, 0.05) is 0 Å². The average molecular weight is 380 g/mol. The molecule has 0 aromatic heterocycles. The molecule has 0 fully saturated rings. The van der Waals surface area contributed by atoms with E-state index < -0.39 is 0 Å². The van der Waals surface area contributed by atoms with Crippen molar-refractivity contribution in [3.05, 3.63) is 29.3 Å². The molecular formula is C12H19N2PSe2. The molecule has 17 heavy (non-hydrogen) atoms. The quantitative estimate of drug-likeness (QED) is 0.558. The maximum atomic E-state index is 3.26. The summed E-state index contributed by atoms with van der Waals surface area (Å²) in [5, 5.41) is 1.48. The first-order valence-electron chi connectivity index (χ1n) is 5.46. The van der Waals surface area contributed by atoms with Crippen LogP contribution in [0.5, 0.6) is 0 Å². The van der Waals surface area contributed by atoms with E-state index in [2.05, 4.69) is 86.9 Å². The molecule has 1 rings (SSSR count). The van der Waals surface area contributed by atoms with Gasteiger partial charge in [0.25, 0.3) is 0 Å². The molecule has 0 heterocycles. The molecular weight excluding hydrogens is 361 g/mol. The molecule has 0 radical (unpaired) electrons. The molecule has 2 nitrogen and oxygen atoms in total. The molecule has 0 aliphatic carbocycles. The first-order valence-corrected chi connectivity index (χ1v) is 11.2. The average Bonchev–Trinajstić information content (AvgIpc) is 2.14. The first kappa shape index (κ1) is 15.5. The number of rotatable bonds is 5. The Kier molecular flexibility index (Phi) is 6.55. The van der Waals surface area contributed by atoms with Gasteiger partial charge in [-0.3, -0.25) is 0 Å². The Labute approximate surface area is 121 Å². The van der Waals surface area contributed by atoms with Gasteiger partial charge in [0.05, 0.1) is 0 Å². The summed E-state index contributed by atoms with van der Waals surface area (Å²) in [6.45, 7) is 2.00. The van der Waals surface area contributed by atoms with Crippen molar-refractivity contribution in [1.29, 1.82) is 0 Å². The zero-order chi connectivity index (χ0) is 13.0. The molecule has 0 aliphatic heterocycles. The summed E-state index contributed by atoms with van der Waals surface area (Å²) in [5.41, 5.74) is 2.86. The molecule has 0 amide bonds. The van der Waals surface area contributed by atoms with Crippen LogP contribution in [0.3, 0.4) is 0 Å². The van der Waals surface area contributed by atoms with E-state index in [0.29, 0.717) is 0 Å². The third kappa shape index (κ3) is 4.93. The second-order valence-electron chi connectivity index (χ2n) is 4.66. The van der Waals surface area contributed by atoms with Gasteiger partial charge >= 0.3 is 121 Å². The van der Waals surface area contributed by atoms with Crippen LogP contribution in [-0.2, 0) is 13.1 Å². The van der Waals surface area contributed by atoms with E-state index in [0.717, 1.165) is 13.1 Å². The van der Waals surface area contributed by atoms with Crippen LogP contribution in [0.25, 0.3) is 0 Å². The number of hydrogen-bond acceptors (Lipinski definition) is 2. The van der Waals surface area contributed by atoms with E-state index in [1.54, 1.807) is 0 Å². The van der Waals surface area contributed by atoms with Crippen molar-refractivity contribution >= 4 is 40.8 Å². The minimum absolute atomic E-state index is 0.302. The van der Waals surface area contributed by atoms with Gasteiger partial charge in [0.2, 0.25) is 0 Å². The number of hydrogen-bond donors (Lipinski definition) is 0. The monoisotopic (exact) mass is 382 g/mol. The van der Waals surface area contributed by atoms with Crippen LogP contribution in [0.4, 0.5) is 0 Å². The molecule has 0 spiro atoms. The van der Waals surface area contributed by atoms with Crippen molar-refractivity contribution in [3.8, 4) is 0 Å². The van der Waals surface area contributed by atoms with Crippen LogP contribution in [0.1, 0.15) is 11.1 Å². The maximum absolute atomic E-state index is 3.26. The van der Waals surface area contributed by atoms with Crippen LogP contribution in [0.2, 0.25) is 0 Å². The van der Waals surface area contributed by atoms with Gasteiger partial charge < -0.3 is 0 Å². The molecule has 5 heteroatoms. The summed E-state index contributed by atoms with van der Waals surface area (Å²) < 4.78 is 0. The van der Waals surface area contributed by atoms with Gasteiger partial charge in [0.1, 0.15) is 0 Å². The number of benzene rings is 1.